The molecule has 0 aliphatic rings. The van der Waals surface area contributed by atoms with Crippen LogP contribution in [-0.4, -0.2) is 24.6 Å². The molecular formula is C16H22O3S. The number of hydrogen-bond acceptors (Lipinski definition) is 4. The number of ketones is 1. The number of ether oxygens (including phenoxy) is 1. The van der Waals surface area contributed by atoms with E-state index >= 15 is 0 Å². The summed E-state index contributed by atoms with van der Waals surface area (Å²) in [5.41, 5.74) is 0. The fraction of sp³-hybridized carbons (Fsp3) is 0.500. The predicted molar refractivity (Wildman–Crippen MR) is 81.8 cm³/mol. The van der Waals surface area contributed by atoms with Gasteiger partial charge in [0.1, 0.15) is 5.78 Å². The highest BCUT2D eigenvalue weighted by molar-refractivity contribution is 8.00. The molecular weight excluding hydrogens is 272 g/mol. The van der Waals surface area contributed by atoms with Gasteiger partial charge in [0.25, 0.3) is 0 Å². The quantitative estimate of drug-likeness (QED) is 0.543. The maximum absolute atomic E-state index is 12.0. The summed E-state index contributed by atoms with van der Waals surface area (Å²) in [6.07, 6.45) is 1.13. The number of rotatable bonds is 8. The molecule has 1 aromatic carbocycles. The fourth-order valence-electron chi connectivity index (χ4n) is 1.94. The average molecular weight is 294 g/mol. The largest absolute Gasteiger partial charge is 0.469 e. The van der Waals surface area contributed by atoms with Gasteiger partial charge >= 0.3 is 5.97 Å². The Kier molecular flexibility index (Phi) is 7.37. The number of Topliss-reactive ketones (excluding diaryl/α,β-unsaturated/α-hetero) is 1. The van der Waals surface area contributed by atoms with Crippen molar-refractivity contribution < 1.29 is 14.3 Å². The Morgan fingerprint density at radius 2 is 1.90 bits per heavy atom. The van der Waals surface area contributed by atoms with Crippen LogP contribution in [0.4, 0.5) is 0 Å². The van der Waals surface area contributed by atoms with E-state index in [2.05, 4.69) is 0 Å². The topological polar surface area (TPSA) is 43.4 Å². The molecule has 0 heterocycles. The van der Waals surface area contributed by atoms with Crippen molar-refractivity contribution in [3.05, 3.63) is 30.3 Å². The molecule has 0 fully saturated rings. The first-order valence-corrected chi connectivity index (χ1v) is 7.84. The van der Waals surface area contributed by atoms with Gasteiger partial charge in [-0.2, -0.15) is 0 Å². The second kappa shape index (κ2) is 8.80. The van der Waals surface area contributed by atoms with Gasteiger partial charge in [0.15, 0.2) is 0 Å². The maximum atomic E-state index is 12.0. The summed E-state index contributed by atoms with van der Waals surface area (Å²) < 4.78 is 4.80. The Hall–Kier alpha value is -1.29. The molecule has 1 rings (SSSR count). The molecule has 0 amide bonds. The smallest absolute Gasteiger partial charge is 0.309 e. The predicted octanol–water partition coefficient (Wildman–Crippen LogP) is 3.57. The van der Waals surface area contributed by atoms with E-state index in [1.165, 1.54) is 18.9 Å². The third-order valence-corrected chi connectivity index (χ3v) is 4.50. The first kappa shape index (κ1) is 16.8. The number of hydrogen-bond donors (Lipinski definition) is 0. The molecule has 2 atom stereocenters. The summed E-state index contributed by atoms with van der Waals surface area (Å²) in [6, 6.07) is 9.79. The second-order valence-electron chi connectivity index (χ2n) is 4.86. The normalized spacial score (nSPS) is 13.6. The number of carbonyl (C=O) groups is 2. The zero-order valence-corrected chi connectivity index (χ0v) is 13.1. The van der Waals surface area contributed by atoms with E-state index in [4.69, 9.17) is 4.74 Å². The maximum Gasteiger partial charge on any atom is 0.309 e. The number of thioether (sulfide) groups is 1. The van der Waals surface area contributed by atoms with Crippen LogP contribution in [0.25, 0.3) is 0 Å². The Morgan fingerprint density at radius 1 is 1.25 bits per heavy atom. The van der Waals surface area contributed by atoms with Crippen molar-refractivity contribution in [2.75, 3.05) is 12.9 Å². The summed E-state index contributed by atoms with van der Waals surface area (Å²) >= 11 is 1.51. The van der Waals surface area contributed by atoms with Gasteiger partial charge in [-0.1, -0.05) is 38.5 Å². The van der Waals surface area contributed by atoms with Crippen LogP contribution in [0.1, 0.15) is 26.7 Å². The van der Waals surface area contributed by atoms with Crippen molar-refractivity contribution in [2.45, 2.75) is 31.6 Å². The van der Waals surface area contributed by atoms with Gasteiger partial charge in [0.2, 0.25) is 0 Å². The Balaban J connectivity index is 2.51. The van der Waals surface area contributed by atoms with Crippen molar-refractivity contribution in [3.63, 3.8) is 0 Å². The van der Waals surface area contributed by atoms with Gasteiger partial charge in [0.05, 0.1) is 18.8 Å². The van der Waals surface area contributed by atoms with Gasteiger partial charge in [-0.05, 0) is 18.1 Å². The van der Waals surface area contributed by atoms with Gasteiger partial charge in [-0.15, -0.1) is 11.8 Å². The summed E-state index contributed by atoms with van der Waals surface area (Å²) in [5.74, 6) is 0.0440. The van der Waals surface area contributed by atoms with Gasteiger partial charge < -0.3 is 4.74 Å². The fourth-order valence-corrected chi connectivity index (χ4v) is 2.73. The lowest BCUT2D eigenvalue weighted by atomic mass is 9.88. The van der Waals surface area contributed by atoms with Crippen molar-refractivity contribution >= 4 is 23.5 Å². The lowest BCUT2D eigenvalue weighted by Crippen LogP contribution is -2.26. The average Bonchev–Trinajstić information content (AvgIpc) is 2.50. The molecule has 1 aromatic rings. The highest BCUT2D eigenvalue weighted by Crippen LogP contribution is 2.23. The van der Waals surface area contributed by atoms with Crippen LogP contribution in [0, 0.1) is 11.8 Å². The molecule has 0 saturated carbocycles. The van der Waals surface area contributed by atoms with E-state index in [9.17, 15) is 9.59 Å². The van der Waals surface area contributed by atoms with E-state index in [1.807, 2.05) is 44.2 Å². The molecule has 0 N–H and O–H groups in total. The third kappa shape index (κ3) is 5.37. The lowest BCUT2D eigenvalue weighted by molar-refractivity contribution is -0.149. The van der Waals surface area contributed by atoms with E-state index in [0.717, 1.165) is 11.3 Å². The number of methoxy groups -OCH3 is 1. The van der Waals surface area contributed by atoms with E-state index in [-0.39, 0.29) is 30.0 Å². The molecule has 0 unspecified atom stereocenters. The van der Waals surface area contributed by atoms with Crippen molar-refractivity contribution in [1.82, 2.24) is 0 Å². The summed E-state index contributed by atoms with van der Waals surface area (Å²) in [4.78, 5) is 24.8. The van der Waals surface area contributed by atoms with E-state index in [0.29, 0.717) is 5.75 Å². The van der Waals surface area contributed by atoms with Crippen molar-refractivity contribution in [3.8, 4) is 0 Å². The van der Waals surface area contributed by atoms with Crippen LogP contribution in [0.15, 0.2) is 35.2 Å². The molecule has 0 aromatic heterocycles. The SMILES string of the molecule is CC[C@H](C)[C@H](CC(=O)CSc1ccccc1)C(=O)OC. The van der Waals surface area contributed by atoms with Crippen LogP contribution < -0.4 is 0 Å². The molecule has 0 aliphatic carbocycles. The summed E-state index contributed by atoms with van der Waals surface area (Å²) in [7, 11) is 1.38. The molecule has 3 nitrogen and oxygen atoms in total. The van der Waals surface area contributed by atoms with Crippen LogP contribution in [0.5, 0.6) is 0 Å². The zero-order valence-electron chi connectivity index (χ0n) is 12.3. The van der Waals surface area contributed by atoms with Gasteiger partial charge in [0, 0.05) is 11.3 Å². The number of benzene rings is 1. The number of esters is 1. The molecule has 0 spiro atoms. The van der Waals surface area contributed by atoms with Crippen LogP contribution in [-0.2, 0) is 14.3 Å². The Bertz CT molecular complexity index is 431. The van der Waals surface area contributed by atoms with Gasteiger partial charge in [-0.25, -0.2) is 0 Å². The zero-order chi connectivity index (χ0) is 15.0. The molecule has 110 valence electrons. The molecule has 0 radical (unpaired) electrons. The number of carbonyl (C=O) groups excluding carboxylic acids is 2. The van der Waals surface area contributed by atoms with Crippen LogP contribution in [0.2, 0.25) is 0 Å². The first-order valence-electron chi connectivity index (χ1n) is 6.85. The van der Waals surface area contributed by atoms with Crippen LogP contribution >= 0.6 is 11.8 Å². The Morgan fingerprint density at radius 3 is 2.45 bits per heavy atom. The third-order valence-electron chi connectivity index (χ3n) is 3.43. The van der Waals surface area contributed by atoms with Crippen LogP contribution in [0.3, 0.4) is 0 Å². The minimum atomic E-state index is -0.325. The molecule has 0 aliphatic heterocycles. The van der Waals surface area contributed by atoms with Crippen molar-refractivity contribution in [1.29, 1.82) is 0 Å². The Labute approximate surface area is 125 Å². The van der Waals surface area contributed by atoms with E-state index < -0.39 is 0 Å². The summed E-state index contributed by atoms with van der Waals surface area (Å²) in [5, 5.41) is 0. The van der Waals surface area contributed by atoms with Crippen molar-refractivity contribution in [2.24, 2.45) is 11.8 Å². The first-order chi connectivity index (χ1) is 9.58. The van der Waals surface area contributed by atoms with Gasteiger partial charge in [-0.3, -0.25) is 9.59 Å². The lowest BCUT2D eigenvalue weighted by Gasteiger charge is -2.19. The highest BCUT2D eigenvalue weighted by atomic mass is 32.2. The molecule has 0 bridgehead atoms. The second-order valence-corrected chi connectivity index (χ2v) is 5.91. The highest BCUT2D eigenvalue weighted by Gasteiger charge is 2.27. The standard InChI is InChI=1S/C16H22O3S/c1-4-12(2)15(16(18)19-3)10-13(17)11-20-14-8-6-5-7-9-14/h5-9,12,15H,4,10-11H2,1-3H3/t12-,15-/m0/s1. The monoisotopic (exact) mass is 294 g/mol. The minimum absolute atomic E-state index is 0.0922. The molecule has 4 heteroatoms. The summed E-state index contributed by atoms with van der Waals surface area (Å²) in [6.45, 7) is 4.00. The minimum Gasteiger partial charge on any atom is -0.469 e. The molecule has 0 saturated heterocycles. The molecule has 20 heavy (non-hydrogen) atoms. The van der Waals surface area contributed by atoms with E-state index in [1.54, 1.807) is 0 Å².